The first-order chi connectivity index (χ1) is 10.7. The Morgan fingerprint density at radius 1 is 0.909 bits per heavy atom. The van der Waals surface area contributed by atoms with E-state index in [1.165, 1.54) is 5.56 Å². The zero-order valence-corrected chi connectivity index (χ0v) is 12.4. The lowest BCUT2D eigenvalue weighted by Crippen LogP contribution is -1.97. The molecule has 0 radical (unpaired) electrons. The Bertz CT molecular complexity index is 826. The first kappa shape index (κ1) is 14.1. The molecule has 2 nitrogen and oxygen atoms in total. The summed E-state index contributed by atoms with van der Waals surface area (Å²) in [5.41, 5.74) is 2.90. The van der Waals surface area contributed by atoms with Crippen LogP contribution in [0.2, 0.25) is 0 Å². The van der Waals surface area contributed by atoms with E-state index in [9.17, 15) is 4.79 Å². The van der Waals surface area contributed by atoms with Crippen molar-refractivity contribution in [3.8, 4) is 0 Å². The van der Waals surface area contributed by atoms with Crippen LogP contribution in [-0.4, -0.2) is 5.78 Å². The third-order valence-electron chi connectivity index (χ3n) is 3.59. The van der Waals surface area contributed by atoms with Crippen molar-refractivity contribution in [3.63, 3.8) is 0 Å². The number of anilines is 1. The molecule has 0 spiro atoms. The Morgan fingerprint density at radius 2 is 1.64 bits per heavy atom. The fraction of sp³-hybridized carbons (Fsp3) is 0.0500. The summed E-state index contributed by atoms with van der Waals surface area (Å²) in [5.74, 6) is -0.00332. The van der Waals surface area contributed by atoms with Gasteiger partial charge in [0.2, 0.25) is 0 Å². The minimum Gasteiger partial charge on any atom is -0.362 e. The van der Waals surface area contributed by atoms with E-state index in [1.807, 2.05) is 73.7 Å². The fourth-order valence-corrected chi connectivity index (χ4v) is 2.39. The molecule has 0 heterocycles. The van der Waals surface area contributed by atoms with E-state index >= 15 is 0 Å². The maximum absolute atomic E-state index is 12.4. The summed E-state index contributed by atoms with van der Waals surface area (Å²) >= 11 is 0. The number of rotatable bonds is 4. The molecule has 0 aliphatic carbocycles. The number of ketones is 1. The summed E-state index contributed by atoms with van der Waals surface area (Å²) in [6.07, 6.45) is 3.26. The van der Waals surface area contributed by atoms with Crippen molar-refractivity contribution >= 4 is 22.2 Å². The summed E-state index contributed by atoms with van der Waals surface area (Å²) in [4.78, 5) is 12.4. The van der Waals surface area contributed by atoms with E-state index in [0.717, 1.165) is 22.0 Å². The Morgan fingerprint density at radius 3 is 2.45 bits per heavy atom. The summed E-state index contributed by atoms with van der Waals surface area (Å²) in [6.45, 7) is 2.05. The lowest BCUT2D eigenvalue weighted by molar-refractivity contribution is 0.104. The molecule has 0 aliphatic rings. The molecule has 0 unspecified atom stereocenters. The molecule has 3 aromatic carbocycles. The number of carbonyl (C=O) groups excluding carboxylic acids is 1. The number of carbonyl (C=O) groups is 1. The Labute approximate surface area is 130 Å². The second-order valence-corrected chi connectivity index (χ2v) is 5.23. The van der Waals surface area contributed by atoms with E-state index < -0.39 is 0 Å². The van der Waals surface area contributed by atoms with E-state index in [4.69, 9.17) is 0 Å². The average Bonchev–Trinajstić information content (AvgIpc) is 2.56. The highest BCUT2D eigenvalue weighted by Crippen LogP contribution is 2.19. The van der Waals surface area contributed by atoms with Crippen LogP contribution in [-0.2, 0) is 0 Å². The summed E-state index contributed by atoms with van der Waals surface area (Å²) in [6, 6.07) is 21.7. The summed E-state index contributed by atoms with van der Waals surface area (Å²) < 4.78 is 0. The van der Waals surface area contributed by atoms with E-state index in [0.29, 0.717) is 0 Å². The maximum atomic E-state index is 12.4. The molecule has 0 saturated heterocycles. The molecular weight excluding hydrogens is 270 g/mol. The highest BCUT2D eigenvalue weighted by Gasteiger charge is 2.06. The fourth-order valence-electron chi connectivity index (χ4n) is 2.39. The lowest BCUT2D eigenvalue weighted by atomic mass is 10.0. The van der Waals surface area contributed by atoms with Gasteiger partial charge in [-0.1, -0.05) is 60.2 Å². The van der Waals surface area contributed by atoms with Crippen LogP contribution < -0.4 is 5.32 Å². The third-order valence-corrected chi connectivity index (χ3v) is 3.59. The van der Waals surface area contributed by atoms with Crippen molar-refractivity contribution in [1.82, 2.24) is 0 Å². The third kappa shape index (κ3) is 3.07. The highest BCUT2D eigenvalue weighted by atomic mass is 16.1. The Hall–Kier alpha value is -2.87. The largest absolute Gasteiger partial charge is 0.362 e. The minimum atomic E-state index is -0.00332. The summed E-state index contributed by atoms with van der Waals surface area (Å²) in [7, 11) is 0. The quantitative estimate of drug-likeness (QED) is 0.543. The molecule has 108 valence electrons. The number of fused-ring (bicyclic) bond motifs is 1. The molecule has 2 heteroatoms. The molecule has 22 heavy (non-hydrogen) atoms. The van der Waals surface area contributed by atoms with Crippen molar-refractivity contribution in [3.05, 3.63) is 90.1 Å². The van der Waals surface area contributed by atoms with Crippen LogP contribution in [0.5, 0.6) is 0 Å². The van der Waals surface area contributed by atoms with Crippen LogP contribution in [0.1, 0.15) is 15.9 Å². The smallest absolute Gasteiger partial charge is 0.187 e. The van der Waals surface area contributed by atoms with Crippen LogP contribution in [0.15, 0.2) is 79.0 Å². The normalized spacial score (nSPS) is 11.0. The van der Waals surface area contributed by atoms with Crippen molar-refractivity contribution in [1.29, 1.82) is 0 Å². The first-order valence-electron chi connectivity index (χ1n) is 7.26. The van der Waals surface area contributed by atoms with Crippen molar-refractivity contribution < 1.29 is 4.79 Å². The zero-order valence-electron chi connectivity index (χ0n) is 12.4. The van der Waals surface area contributed by atoms with Crippen molar-refractivity contribution in [2.24, 2.45) is 0 Å². The molecule has 0 amide bonds. The topological polar surface area (TPSA) is 29.1 Å². The average molecular weight is 287 g/mol. The molecule has 0 bridgehead atoms. The van der Waals surface area contributed by atoms with Crippen LogP contribution in [0.25, 0.3) is 10.8 Å². The van der Waals surface area contributed by atoms with Gasteiger partial charge in [-0.2, -0.15) is 0 Å². The van der Waals surface area contributed by atoms with Gasteiger partial charge in [-0.25, -0.2) is 0 Å². The summed E-state index contributed by atoms with van der Waals surface area (Å²) in [5, 5.41) is 5.18. The molecule has 3 aromatic rings. The van der Waals surface area contributed by atoms with Gasteiger partial charge in [0.15, 0.2) is 5.78 Å². The molecule has 3 rings (SSSR count). The van der Waals surface area contributed by atoms with Crippen molar-refractivity contribution in [2.45, 2.75) is 6.92 Å². The van der Waals surface area contributed by atoms with Gasteiger partial charge in [0.25, 0.3) is 0 Å². The standard InChI is InChI=1S/C20H17NO/c1-15-9-11-17(12-10-15)21-14-13-20(22)19-8-4-6-16-5-2-3-7-18(16)19/h2-14,21H,1H3. The number of allylic oxidation sites excluding steroid dienone is 1. The van der Waals surface area contributed by atoms with Crippen LogP contribution in [0, 0.1) is 6.92 Å². The minimum absolute atomic E-state index is 0.00332. The second kappa shape index (κ2) is 6.27. The Kier molecular flexibility index (Phi) is 4.01. The SMILES string of the molecule is Cc1ccc(NC=CC(=O)c2cccc3ccccc23)cc1. The van der Waals surface area contributed by atoms with Gasteiger partial charge >= 0.3 is 0 Å². The molecular formula is C20H17NO. The number of nitrogens with one attached hydrogen (secondary N) is 1. The number of hydrogen-bond acceptors (Lipinski definition) is 2. The predicted octanol–water partition coefficient (Wildman–Crippen LogP) is 4.96. The van der Waals surface area contributed by atoms with Gasteiger partial charge in [-0.05, 0) is 29.8 Å². The van der Waals surface area contributed by atoms with Gasteiger partial charge < -0.3 is 5.32 Å². The monoisotopic (exact) mass is 287 g/mol. The number of hydrogen-bond donors (Lipinski definition) is 1. The first-order valence-corrected chi connectivity index (χ1v) is 7.26. The van der Waals surface area contributed by atoms with Gasteiger partial charge in [0.1, 0.15) is 0 Å². The molecule has 0 aromatic heterocycles. The molecule has 0 saturated carbocycles. The van der Waals surface area contributed by atoms with Crippen LogP contribution >= 0.6 is 0 Å². The molecule has 1 N–H and O–H groups in total. The van der Waals surface area contributed by atoms with Gasteiger partial charge in [0, 0.05) is 23.5 Å². The molecule has 0 atom stereocenters. The predicted molar refractivity (Wildman–Crippen MR) is 92.2 cm³/mol. The highest BCUT2D eigenvalue weighted by molar-refractivity contribution is 6.13. The van der Waals surface area contributed by atoms with E-state index in [-0.39, 0.29) is 5.78 Å². The molecule has 0 aliphatic heterocycles. The van der Waals surface area contributed by atoms with Crippen LogP contribution in [0.4, 0.5) is 5.69 Å². The number of benzene rings is 3. The van der Waals surface area contributed by atoms with Gasteiger partial charge in [-0.15, -0.1) is 0 Å². The van der Waals surface area contributed by atoms with Gasteiger partial charge in [-0.3, -0.25) is 4.79 Å². The number of aryl methyl sites for hydroxylation is 1. The van der Waals surface area contributed by atoms with E-state index in [1.54, 1.807) is 12.3 Å². The second-order valence-electron chi connectivity index (χ2n) is 5.23. The zero-order chi connectivity index (χ0) is 15.4. The van der Waals surface area contributed by atoms with Crippen LogP contribution in [0.3, 0.4) is 0 Å². The lowest BCUT2D eigenvalue weighted by Gasteiger charge is -2.03. The van der Waals surface area contributed by atoms with Gasteiger partial charge in [0.05, 0.1) is 0 Å². The maximum Gasteiger partial charge on any atom is 0.187 e. The Balaban J connectivity index is 1.78. The van der Waals surface area contributed by atoms with E-state index in [2.05, 4.69) is 5.32 Å². The van der Waals surface area contributed by atoms with Crippen molar-refractivity contribution in [2.75, 3.05) is 5.32 Å². The molecule has 0 fully saturated rings.